The van der Waals surface area contributed by atoms with E-state index in [-0.39, 0.29) is 1.43 Å². The molecule has 0 saturated heterocycles. The monoisotopic (exact) mass is 179 g/mol. The van der Waals surface area contributed by atoms with Gasteiger partial charge in [0.25, 0.3) is 0 Å². The van der Waals surface area contributed by atoms with Crippen LogP contribution < -0.4 is 5.32 Å². The smallest absolute Gasteiger partial charge is 0.0340 e. The van der Waals surface area contributed by atoms with Gasteiger partial charge in [-0.15, -0.1) is 0 Å². The summed E-state index contributed by atoms with van der Waals surface area (Å²) in [5.41, 5.74) is 2.65. The van der Waals surface area contributed by atoms with Gasteiger partial charge in [0.2, 0.25) is 0 Å². The minimum absolute atomic E-state index is 0. The quantitative estimate of drug-likeness (QED) is 0.745. The van der Waals surface area contributed by atoms with Crippen LogP contribution in [0.3, 0.4) is 0 Å². The Hall–Kier alpha value is -0.980. The summed E-state index contributed by atoms with van der Waals surface area (Å²) in [5, 5.41) is 3.29. The second kappa shape index (κ2) is 4.90. The van der Waals surface area contributed by atoms with Crippen molar-refractivity contribution >= 4 is 5.69 Å². The Balaban J connectivity index is 0.00000169. The van der Waals surface area contributed by atoms with Gasteiger partial charge < -0.3 is 5.32 Å². The van der Waals surface area contributed by atoms with Gasteiger partial charge in [0.15, 0.2) is 0 Å². The topological polar surface area (TPSA) is 12.0 Å². The molecule has 0 unspecified atom stereocenters. The number of rotatable bonds is 4. The number of hydrogen-bond acceptors (Lipinski definition) is 1. The fourth-order valence-electron chi connectivity index (χ4n) is 1.43. The van der Waals surface area contributed by atoms with Crippen LogP contribution in [0.1, 0.15) is 27.8 Å². The Morgan fingerprint density at radius 2 is 1.85 bits per heavy atom. The molecule has 13 heavy (non-hydrogen) atoms. The summed E-state index contributed by atoms with van der Waals surface area (Å²) in [7, 11) is 0. The maximum Gasteiger partial charge on any atom is 0.0340 e. The van der Waals surface area contributed by atoms with E-state index in [4.69, 9.17) is 0 Å². The van der Waals surface area contributed by atoms with Gasteiger partial charge in [0, 0.05) is 13.7 Å². The number of nitrogens with one attached hydrogen (secondary N) is 1. The molecule has 1 rings (SSSR count). The molecule has 74 valence electrons. The lowest BCUT2D eigenvalue weighted by atomic mass is 10.0. The van der Waals surface area contributed by atoms with E-state index in [0.29, 0.717) is 0 Å². The molecule has 0 saturated carbocycles. The first-order chi connectivity index (χ1) is 6.22. The number of hydrogen-bond donors (Lipinski definition) is 1. The van der Waals surface area contributed by atoms with Gasteiger partial charge in [0.1, 0.15) is 0 Å². The van der Waals surface area contributed by atoms with Gasteiger partial charge >= 0.3 is 0 Å². The van der Waals surface area contributed by atoms with E-state index >= 15 is 0 Å². The molecule has 0 aliphatic heterocycles. The summed E-state index contributed by atoms with van der Waals surface area (Å²) >= 11 is 0. The van der Waals surface area contributed by atoms with Crippen molar-refractivity contribution in [2.75, 3.05) is 11.9 Å². The van der Waals surface area contributed by atoms with Crippen LogP contribution >= 0.6 is 0 Å². The highest BCUT2D eigenvalue weighted by Crippen LogP contribution is 2.12. The molecule has 1 N–H and O–H groups in total. The third kappa shape index (κ3) is 3.49. The third-order valence-electron chi connectivity index (χ3n) is 1.98. The standard InChI is InChI=1S/C12H19N.H2/c1-4-13-12-7-5-11(6-8-12)9-10(2)3;/h5-8,10,13H,4,9H2,1-3H3;1H. The van der Waals surface area contributed by atoms with E-state index in [0.717, 1.165) is 12.5 Å². The van der Waals surface area contributed by atoms with E-state index in [2.05, 4.69) is 50.4 Å². The van der Waals surface area contributed by atoms with E-state index in [9.17, 15) is 0 Å². The van der Waals surface area contributed by atoms with Gasteiger partial charge in [-0.2, -0.15) is 0 Å². The molecule has 0 atom stereocenters. The number of anilines is 1. The van der Waals surface area contributed by atoms with Crippen LogP contribution in [0.15, 0.2) is 24.3 Å². The molecule has 0 aliphatic rings. The Labute approximate surface area is 82.7 Å². The van der Waals surface area contributed by atoms with E-state index < -0.39 is 0 Å². The maximum absolute atomic E-state index is 3.29. The van der Waals surface area contributed by atoms with Crippen molar-refractivity contribution in [1.82, 2.24) is 0 Å². The SMILES string of the molecule is CCNc1ccc(CC(C)C)cc1.[HH]. The highest BCUT2D eigenvalue weighted by atomic mass is 14.8. The van der Waals surface area contributed by atoms with Crippen LogP contribution in [-0.4, -0.2) is 6.54 Å². The van der Waals surface area contributed by atoms with Crippen molar-refractivity contribution in [2.45, 2.75) is 27.2 Å². The van der Waals surface area contributed by atoms with Crippen molar-refractivity contribution in [2.24, 2.45) is 5.92 Å². The first-order valence-electron chi connectivity index (χ1n) is 5.05. The molecular formula is C12H21N. The van der Waals surface area contributed by atoms with Crippen LogP contribution in [-0.2, 0) is 6.42 Å². The maximum atomic E-state index is 3.29. The second-order valence-electron chi connectivity index (χ2n) is 3.83. The normalized spacial score (nSPS) is 10.5. The van der Waals surface area contributed by atoms with Crippen molar-refractivity contribution in [3.05, 3.63) is 29.8 Å². The average molecular weight is 179 g/mol. The molecule has 0 radical (unpaired) electrons. The molecule has 1 heteroatoms. The van der Waals surface area contributed by atoms with Crippen molar-refractivity contribution in [1.29, 1.82) is 0 Å². The molecule has 0 aromatic heterocycles. The van der Waals surface area contributed by atoms with Crippen molar-refractivity contribution in [3.63, 3.8) is 0 Å². The zero-order valence-electron chi connectivity index (χ0n) is 8.80. The lowest BCUT2D eigenvalue weighted by molar-refractivity contribution is 0.647. The molecule has 0 heterocycles. The largest absolute Gasteiger partial charge is 0.385 e. The van der Waals surface area contributed by atoms with Crippen LogP contribution in [0, 0.1) is 5.92 Å². The first kappa shape index (κ1) is 10.1. The summed E-state index contributed by atoms with van der Waals surface area (Å²) in [6.07, 6.45) is 1.17. The Morgan fingerprint density at radius 1 is 1.23 bits per heavy atom. The summed E-state index contributed by atoms with van der Waals surface area (Å²) in [6.45, 7) is 7.60. The molecule has 0 bridgehead atoms. The second-order valence-corrected chi connectivity index (χ2v) is 3.83. The summed E-state index contributed by atoms with van der Waals surface area (Å²) in [4.78, 5) is 0. The fraction of sp³-hybridized carbons (Fsp3) is 0.500. The van der Waals surface area contributed by atoms with E-state index in [1.807, 2.05) is 0 Å². The predicted molar refractivity (Wildman–Crippen MR) is 61.3 cm³/mol. The zero-order valence-corrected chi connectivity index (χ0v) is 8.80. The lowest BCUT2D eigenvalue weighted by Gasteiger charge is -2.06. The van der Waals surface area contributed by atoms with Crippen LogP contribution in [0.2, 0.25) is 0 Å². The van der Waals surface area contributed by atoms with Gasteiger partial charge in [-0.05, 0) is 37.0 Å². The summed E-state index contributed by atoms with van der Waals surface area (Å²) in [6, 6.07) is 8.72. The molecular weight excluding hydrogens is 158 g/mol. The van der Waals surface area contributed by atoms with Crippen LogP contribution in [0.25, 0.3) is 0 Å². The zero-order chi connectivity index (χ0) is 9.68. The average Bonchev–Trinajstić information content (AvgIpc) is 2.08. The van der Waals surface area contributed by atoms with Crippen LogP contribution in [0.5, 0.6) is 0 Å². The highest BCUT2D eigenvalue weighted by Gasteiger charge is 1.96. The third-order valence-corrected chi connectivity index (χ3v) is 1.98. The highest BCUT2D eigenvalue weighted by molar-refractivity contribution is 5.44. The molecule has 1 aromatic carbocycles. The molecule has 1 aromatic rings. The fourth-order valence-corrected chi connectivity index (χ4v) is 1.43. The minimum atomic E-state index is 0. The van der Waals surface area contributed by atoms with Gasteiger partial charge in [-0.3, -0.25) is 0 Å². The molecule has 1 nitrogen and oxygen atoms in total. The summed E-state index contributed by atoms with van der Waals surface area (Å²) < 4.78 is 0. The predicted octanol–water partition coefficient (Wildman–Crippen LogP) is 3.56. The minimum Gasteiger partial charge on any atom is -0.385 e. The van der Waals surface area contributed by atoms with Gasteiger partial charge in [-0.25, -0.2) is 0 Å². The molecule has 0 spiro atoms. The molecule has 0 aliphatic carbocycles. The molecule has 0 amide bonds. The number of benzene rings is 1. The Kier molecular flexibility index (Phi) is 3.81. The Bertz CT molecular complexity index is 241. The molecule has 0 fully saturated rings. The van der Waals surface area contributed by atoms with Crippen molar-refractivity contribution < 1.29 is 1.43 Å². The summed E-state index contributed by atoms with van der Waals surface area (Å²) in [5.74, 6) is 0.741. The van der Waals surface area contributed by atoms with Crippen molar-refractivity contribution in [3.8, 4) is 0 Å². The van der Waals surface area contributed by atoms with Gasteiger partial charge in [0.05, 0.1) is 0 Å². The van der Waals surface area contributed by atoms with Gasteiger partial charge in [-0.1, -0.05) is 26.0 Å². The lowest BCUT2D eigenvalue weighted by Crippen LogP contribution is -1.97. The Morgan fingerprint density at radius 3 is 2.31 bits per heavy atom. The van der Waals surface area contributed by atoms with E-state index in [1.165, 1.54) is 17.7 Å². The van der Waals surface area contributed by atoms with E-state index in [1.54, 1.807) is 0 Å². The first-order valence-corrected chi connectivity index (χ1v) is 5.05. The van der Waals surface area contributed by atoms with Crippen LogP contribution in [0.4, 0.5) is 5.69 Å².